The van der Waals surface area contributed by atoms with E-state index in [1.54, 1.807) is 0 Å². The Bertz CT molecular complexity index is 264. The molecule has 0 radical (unpaired) electrons. The lowest BCUT2D eigenvalue weighted by molar-refractivity contribution is 0.320. The molecule has 1 N–H and O–H groups in total. The largest absolute Gasteiger partial charge is 0.410 e. The molecule has 0 aliphatic carbocycles. The average Bonchev–Trinajstić information content (AvgIpc) is 2.09. The first-order valence-corrected chi connectivity index (χ1v) is 3.28. The third kappa shape index (κ3) is 1.67. The third-order valence-corrected chi connectivity index (χ3v) is 1.37. The molecule has 1 aromatic carbocycles. The second-order valence-electron chi connectivity index (χ2n) is 2.06. The van der Waals surface area contributed by atoms with Gasteiger partial charge in [0.1, 0.15) is 5.71 Å². The van der Waals surface area contributed by atoms with Crippen LogP contribution in [0.1, 0.15) is 5.56 Å². The minimum absolute atomic E-state index is 0.491. The molecule has 0 spiro atoms. The van der Waals surface area contributed by atoms with E-state index in [2.05, 4.69) is 11.7 Å². The number of hydrogen-bond acceptors (Lipinski definition) is 2. The summed E-state index contributed by atoms with van der Waals surface area (Å²) in [4.78, 5) is 0. The van der Waals surface area contributed by atoms with Crippen LogP contribution in [0.25, 0.3) is 0 Å². The fourth-order valence-electron chi connectivity index (χ4n) is 0.825. The third-order valence-electron chi connectivity index (χ3n) is 1.37. The topological polar surface area (TPSA) is 32.6 Å². The van der Waals surface area contributed by atoms with Crippen LogP contribution < -0.4 is 0 Å². The predicted molar refractivity (Wildman–Crippen MR) is 45.0 cm³/mol. The van der Waals surface area contributed by atoms with Crippen LogP contribution in [-0.4, -0.2) is 10.9 Å². The molecule has 0 aliphatic heterocycles. The van der Waals surface area contributed by atoms with Gasteiger partial charge in [0.05, 0.1) is 0 Å². The Morgan fingerprint density at radius 1 is 1.36 bits per heavy atom. The van der Waals surface area contributed by atoms with E-state index in [0.29, 0.717) is 5.71 Å². The molecule has 0 atom stereocenters. The first-order valence-electron chi connectivity index (χ1n) is 3.28. The van der Waals surface area contributed by atoms with Gasteiger partial charge < -0.3 is 5.21 Å². The molecule has 2 nitrogen and oxygen atoms in total. The van der Waals surface area contributed by atoms with Gasteiger partial charge in [-0.05, 0) is 6.08 Å². The van der Waals surface area contributed by atoms with Crippen molar-refractivity contribution < 1.29 is 5.21 Å². The van der Waals surface area contributed by atoms with E-state index in [1.165, 1.54) is 6.08 Å². The molecule has 0 unspecified atom stereocenters. The molecule has 56 valence electrons. The van der Waals surface area contributed by atoms with Crippen molar-refractivity contribution in [2.45, 2.75) is 0 Å². The lowest BCUT2D eigenvalue weighted by atomic mass is 10.1. The number of allylic oxidation sites excluding steroid dienone is 1. The predicted octanol–water partition coefficient (Wildman–Crippen LogP) is 2.05. The van der Waals surface area contributed by atoms with Crippen molar-refractivity contribution in [1.82, 2.24) is 0 Å². The Morgan fingerprint density at radius 2 is 2.00 bits per heavy atom. The molecule has 1 rings (SSSR count). The van der Waals surface area contributed by atoms with Gasteiger partial charge in [0, 0.05) is 5.56 Å². The summed E-state index contributed by atoms with van der Waals surface area (Å²) in [5, 5.41) is 11.6. The molecule has 1 aromatic rings. The highest BCUT2D eigenvalue weighted by molar-refractivity contribution is 6.07. The molecule has 11 heavy (non-hydrogen) atoms. The first kappa shape index (κ1) is 7.54. The minimum atomic E-state index is 0.491. The number of rotatable bonds is 2. The quantitative estimate of drug-likeness (QED) is 0.387. The molecule has 0 fully saturated rings. The van der Waals surface area contributed by atoms with Crippen molar-refractivity contribution in [3.63, 3.8) is 0 Å². The molecule has 0 aromatic heterocycles. The van der Waals surface area contributed by atoms with Crippen LogP contribution in [-0.2, 0) is 0 Å². The van der Waals surface area contributed by atoms with Gasteiger partial charge in [-0.2, -0.15) is 0 Å². The Balaban J connectivity index is 3.01. The second kappa shape index (κ2) is 3.56. The van der Waals surface area contributed by atoms with Crippen LogP contribution in [0.15, 0.2) is 48.1 Å². The number of benzene rings is 1. The summed E-state index contributed by atoms with van der Waals surface area (Å²) in [6, 6.07) is 9.38. The first-order chi connectivity index (χ1) is 5.38. The van der Waals surface area contributed by atoms with Gasteiger partial charge in [-0.15, -0.1) is 0 Å². The Labute approximate surface area is 65.5 Å². The Kier molecular flexibility index (Phi) is 2.44. The summed E-state index contributed by atoms with van der Waals surface area (Å²) in [7, 11) is 0. The second-order valence-corrected chi connectivity index (χ2v) is 2.06. The van der Waals surface area contributed by atoms with E-state index in [-0.39, 0.29) is 0 Å². The van der Waals surface area contributed by atoms with Crippen LogP contribution in [0, 0.1) is 0 Å². The van der Waals surface area contributed by atoms with Crippen molar-refractivity contribution in [3.05, 3.63) is 48.6 Å². The number of hydrogen-bond donors (Lipinski definition) is 1. The molecule has 0 saturated carbocycles. The normalized spacial score (nSPS) is 11.1. The Morgan fingerprint density at radius 3 is 2.45 bits per heavy atom. The maximum Gasteiger partial charge on any atom is 0.109 e. The van der Waals surface area contributed by atoms with Crippen LogP contribution in [0.2, 0.25) is 0 Å². The standard InChI is InChI=1S/C9H9NO/c1-2-9(10-11)8-6-4-3-5-7-8/h2-7,11H,1H2/b10-9-. The molecule has 0 saturated heterocycles. The molecule has 2 heteroatoms. The highest BCUT2D eigenvalue weighted by Crippen LogP contribution is 2.00. The van der Waals surface area contributed by atoms with E-state index in [0.717, 1.165) is 5.56 Å². The maximum atomic E-state index is 8.50. The zero-order chi connectivity index (χ0) is 8.10. The lowest BCUT2D eigenvalue weighted by Crippen LogP contribution is -1.94. The summed E-state index contributed by atoms with van der Waals surface area (Å²) < 4.78 is 0. The maximum absolute atomic E-state index is 8.50. The summed E-state index contributed by atoms with van der Waals surface area (Å²) in [6.45, 7) is 3.52. The fourth-order valence-corrected chi connectivity index (χ4v) is 0.825. The van der Waals surface area contributed by atoms with Gasteiger partial charge in [0.15, 0.2) is 0 Å². The van der Waals surface area contributed by atoms with Gasteiger partial charge in [-0.3, -0.25) is 0 Å². The molecule has 0 aliphatic rings. The molecular weight excluding hydrogens is 138 g/mol. The summed E-state index contributed by atoms with van der Waals surface area (Å²) in [6.07, 6.45) is 1.51. The summed E-state index contributed by atoms with van der Waals surface area (Å²) in [5.74, 6) is 0. The van der Waals surface area contributed by atoms with Crippen LogP contribution in [0.3, 0.4) is 0 Å². The molecule has 0 amide bonds. The summed E-state index contributed by atoms with van der Waals surface area (Å²) in [5.41, 5.74) is 1.36. The smallest absolute Gasteiger partial charge is 0.109 e. The van der Waals surface area contributed by atoms with Gasteiger partial charge in [0.25, 0.3) is 0 Å². The molecule has 0 heterocycles. The van der Waals surface area contributed by atoms with E-state index < -0.39 is 0 Å². The number of oxime groups is 1. The Hall–Kier alpha value is -1.57. The molecular formula is C9H9NO. The van der Waals surface area contributed by atoms with E-state index in [9.17, 15) is 0 Å². The van der Waals surface area contributed by atoms with Crippen LogP contribution in [0.5, 0.6) is 0 Å². The average molecular weight is 147 g/mol. The van der Waals surface area contributed by atoms with E-state index in [1.807, 2.05) is 30.3 Å². The van der Waals surface area contributed by atoms with Gasteiger partial charge in [-0.1, -0.05) is 42.1 Å². The highest BCUT2D eigenvalue weighted by Gasteiger charge is 1.95. The van der Waals surface area contributed by atoms with Crippen molar-refractivity contribution in [3.8, 4) is 0 Å². The number of nitrogens with zero attached hydrogens (tertiary/aromatic N) is 1. The SMILES string of the molecule is C=C/C(=N/O)c1ccccc1. The fraction of sp³-hybridized carbons (Fsp3) is 0. The van der Waals surface area contributed by atoms with Crippen molar-refractivity contribution in [2.24, 2.45) is 5.16 Å². The highest BCUT2D eigenvalue weighted by atomic mass is 16.4. The monoisotopic (exact) mass is 147 g/mol. The zero-order valence-corrected chi connectivity index (χ0v) is 6.07. The van der Waals surface area contributed by atoms with Crippen LogP contribution >= 0.6 is 0 Å². The molecule has 0 bridgehead atoms. The minimum Gasteiger partial charge on any atom is -0.410 e. The summed E-state index contributed by atoms with van der Waals surface area (Å²) >= 11 is 0. The van der Waals surface area contributed by atoms with Crippen molar-refractivity contribution in [2.75, 3.05) is 0 Å². The van der Waals surface area contributed by atoms with Gasteiger partial charge >= 0.3 is 0 Å². The zero-order valence-electron chi connectivity index (χ0n) is 6.07. The van der Waals surface area contributed by atoms with Crippen molar-refractivity contribution >= 4 is 5.71 Å². The van der Waals surface area contributed by atoms with E-state index >= 15 is 0 Å². The lowest BCUT2D eigenvalue weighted by Gasteiger charge is -1.95. The van der Waals surface area contributed by atoms with Gasteiger partial charge in [0.2, 0.25) is 0 Å². The van der Waals surface area contributed by atoms with Crippen molar-refractivity contribution in [1.29, 1.82) is 0 Å². The van der Waals surface area contributed by atoms with Gasteiger partial charge in [-0.25, -0.2) is 0 Å². The van der Waals surface area contributed by atoms with E-state index in [4.69, 9.17) is 5.21 Å². The van der Waals surface area contributed by atoms with Crippen LogP contribution in [0.4, 0.5) is 0 Å².